The van der Waals surface area contributed by atoms with Crippen molar-refractivity contribution in [2.24, 2.45) is 0 Å². The highest BCUT2D eigenvalue weighted by Crippen LogP contribution is 2.31. The first-order valence-electron chi connectivity index (χ1n) is 7.72. The second-order valence-corrected chi connectivity index (χ2v) is 5.68. The SMILES string of the molecule is Cc1cnc2nc(-c3ccc(C=O)cc3)c(-c3ccccc3)cn12. The van der Waals surface area contributed by atoms with Crippen molar-refractivity contribution in [2.75, 3.05) is 0 Å². The summed E-state index contributed by atoms with van der Waals surface area (Å²) in [5, 5.41) is 0. The zero-order valence-electron chi connectivity index (χ0n) is 13.2. The normalized spacial score (nSPS) is 10.9. The average Bonchev–Trinajstić information content (AvgIpc) is 3.02. The van der Waals surface area contributed by atoms with Gasteiger partial charge in [0.25, 0.3) is 0 Å². The third-order valence-corrected chi connectivity index (χ3v) is 4.09. The predicted octanol–water partition coefficient (Wildman–Crippen LogP) is 4.18. The summed E-state index contributed by atoms with van der Waals surface area (Å²) in [5.41, 5.74) is 5.63. The minimum Gasteiger partial charge on any atom is -0.298 e. The lowest BCUT2D eigenvalue weighted by atomic mass is 10.00. The Morgan fingerprint density at radius 3 is 2.42 bits per heavy atom. The Morgan fingerprint density at radius 2 is 1.71 bits per heavy atom. The van der Waals surface area contributed by atoms with Crippen LogP contribution in [0.2, 0.25) is 0 Å². The fraction of sp³-hybridized carbons (Fsp3) is 0.0500. The molecule has 2 heterocycles. The van der Waals surface area contributed by atoms with Gasteiger partial charge in [-0.15, -0.1) is 0 Å². The molecule has 0 unspecified atom stereocenters. The molecule has 0 aliphatic rings. The number of hydrogen-bond donors (Lipinski definition) is 0. The van der Waals surface area contributed by atoms with Crippen molar-refractivity contribution in [1.82, 2.24) is 14.4 Å². The van der Waals surface area contributed by atoms with Gasteiger partial charge in [0.05, 0.1) is 11.9 Å². The van der Waals surface area contributed by atoms with Gasteiger partial charge in [-0.1, -0.05) is 54.6 Å². The zero-order chi connectivity index (χ0) is 16.5. The maximum absolute atomic E-state index is 10.9. The van der Waals surface area contributed by atoms with E-state index in [2.05, 4.69) is 23.3 Å². The summed E-state index contributed by atoms with van der Waals surface area (Å²) in [6.07, 6.45) is 4.73. The molecule has 0 fully saturated rings. The Morgan fingerprint density at radius 1 is 0.958 bits per heavy atom. The molecule has 24 heavy (non-hydrogen) atoms. The second-order valence-electron chi connectivity index (χ2n) is 5.68. The molecule has 116 valence electrons. The highest BCUT2D eigenvalue weighted by molar-refractivity contribution is 5.83. The van der Waals surface area contributed by atoms with E-state index in [1.807, 2.05) is 47.9 Å². The van der Waals surface area contributed by atoms with Gasteiger partial charge < -0.3 is 0 Å². The molecule has 0 spiro atoms. The first-order chi connectivity index (χ1) is 11.8. The Balaban J connectivity index is 1.99. The fourth-order valence-corrected chi connectivity index (χ4v) is 2.79. The van der Waals surface area contributed by atoms with Gasteiger partial charge in [0.2, 0.25) is 5.78 Å². The standard InChI is InChI=1S/C20H15N3O/c1-14-11-21-20-22-19(17-9-7-15(13-24)8-10-17)18(12-23(14)20)16-5-3-2-4-6-16/h2-13H,1H3. The Hall–Kier alpha value is -3.27. The van der Waals surface area contributed by atoms with Gasteiger partial charge in [-0.05, 0) is 12.5 Å². The van der Waals surface area contributed by atoms with Gasteiger partial charge in [-0.2, -0.15) is 0 Å². The number of nitrogens with zero attached hydrogens (tertiary/aromatic N) is 3. The number of aromatic nitrogens is 3. The number of rotatable bonds is 3. The molecule has 0 amide bonds. The van der Waals surface area contributed by atoms with E-state index in [0.717, 1.165) is 34.4 Å². The molecule has 4 heteroatoms. The fourth-order valence-electron chi connectivity index (χ4n) is 2.79. The van der Waals surface area contributed by atoms with E-state index in [1.165, 1.54) is 0 Å². The first-order valence-corrected chi connectivity index (χ1v) is 7.72. The monoisotopic (exact) mass is 313 g/mol. The van der Waals surface area contributed by atoms with Crippen molar-refractivity contribution in [3.05, 3.63) is 78.2 Å². The van der Waals surface area contributed by atoms with Crippen LogP contribution in [-0.2, 0) is 0 Å². The lowest BCUT2D eigenvalue weighted by molar-refractivity contribution is 0.112. The summed E-state index contributed by atoms with van der Waals surface area (Å²) in [6.45, 7) is 2.01. The van der Waals surface area contributed by atoms with Gasteiger partial charge in [0, 0.05) is 28.6 Å². The van der Waals surface area contributed by atoms with Crippen molar-refractivity contribution < 1.29 is 4.79 Å². The van der Waals surface area contributed by atoms with Crippen molar-refractivity contribution in [1.29, 1.82) is 0 Å². The lowest BCUT2D eigenvalue weighted by Gasteiger charge is -2.11. The van der Waals surface area contributed by atoms with Crippen LogP contribution in [0, 0.1) is 6.92 Å². The van der Waals surface area contributed by atoms with E-state index in [0.29, 0.717) is 11.3 Å². The van der Waals surface area contributed by atoms with Crippen LogP contribution in [0.3, 0.4) is 0 Å². The summed E-state index contributed by atoms with van der Waals surface area (Å²) >= 11 is 0. The van der Waals surface area contributed by atoms with Gasteiger partial charge in [0.1, 0.15) is 6.29 Å². The quantitative estimate of drug-likeness (QED) is 0.533. The maximum atomic E-state index is 10.9. The molecule has 0 atom stereocenters. The van der Waals surface area contributed by atoms with Crippen LogP contribution in [0.1, 0.15) is 16.1 Å². The van der Waals surface area contributed by atoms with E-state index >= 15 is 0 Å². The number of carbonyl (C=O) groups is 1. The topological polar surface area (TPSA) is 47.3 Å². The first kappa shape index (κ1) is 14.3. The molecule has 0 aliphatic heterocycles. The molecule has 0 N–H and O–H groups in total. The summed E-state index contributed by atoms with van der Waals surface area (Å²) < 4.78 is 1.99. The third kappa shape index (κ3) is 2.38. The Labute approximate surface area is 139 Å². The van der Waals surface area contributed by atoms with Gasteiger partial charge in [0.15, 0.2) is 0 Å². The number of aldehydes is 1. The smallest absolute Gasteiger partial charge is 0.234 e. The van der Waals surface area contributed by atoms with Crippen LogP contribution in [0.5, 0.6) is 0 Å². The minimum atomic E-state index is 0.651. The number of carbonyl (C=O) groups excluding carboxylic acids is 1. The molecule has 0 saturated carbocycles. The van der Waals surface area contributed by atoms with E-state index in [-0.39, 0.29) is 0 Å². The summed E-state index contributed by atoms with van der Waals surface area (Å²) in [5.74, 6) is 0.668. The molecule has 2 aromatic carbocycles. The third-order valence-electron chi connectivity index (χ3n) is 4.09. The van der Waals surface area contributed by atoms with Crippen molar-refractivity contribution in [3.63, 3.8) is 0 Å². The van der Waals surface area contributed by atoms with Gasteiger partial charge in [-0.3, -0.25) is 9.20 Å². The van der Waals surface area contributed by atoms with Crippen LogP contribution in [0.25, 0.3) is 28.2 Å². The molecule has 2 aromatic heterocycles. The molecule has 0 saturated heterocycles. The zero-order valence-corrected chi connectivity index (χ0v) is 13.2. The summed E-state index contributed by atoms with van der Waals surface area (Å²) in [4.78, 5) is 20.0. The lowest BCUT2D eigenvalue weighted by Crippen LogP contribution is -1.97. The molecular weight excluding hydrogens is 298 g/mol. The predicted molar refractivity (Wildman–Crippen MR) is 94.0 cm³/mol. The largest absolute Gasteiger partial charge is 0.298 e. The van der Waals surface area contributed by atoms with Crippen molar-refractivity contribution in [3.8, 4) is 22.4 Å². The van der Waals surface area contributed by atoms with E-state index in [1.54, 1.807) is 12.1 Å². The van der Waals surface area contributed by atoms with Gasteiger partial charge in [-0.25, -0.2) is 9.97 Å². The van der Waals surface area contributed by atoms with Crippen molar-refractivity contribution >= 4 is 12.1 Å². The molecule has 0 radical (unpaired) electrons. The molecule has 0 aliphatic carbocycles. The summed E-state index contributed by atoms with van der Waals surface area (Å²) in [7, 11) is 0. The van der Waals surface area contributed by atoms with Crippen LogP contribution in [0.15, 0.2) is 67.0 Å². The number of benzene rings is 2. The van der Waals surface area contributed by atoms with Crippen molar-refractivity contribution in [2.45, 2.75) is 6.92 Å². The number of aryl methyl sites for hydroxylation is 1. The number of imidazole rings is 1. The van der Waals surface area contributed by atoms with E-state index in [9.17, 15) is 4.79 Å². The average molecular weight is 313 g/mol. The van der Waals surface area contributed by atoms with E-state index in [4.69, 9.17) is 4.98 Å². The van der Waals surface area contributed by atoms with Gasteiger partial charge >= 0.3 is 0 Å². The minimum absolute atomic E-state index is 0.651. The van der Waals surface area contributed by atoms with Crippen LogP contribution in [0.4, 0.5) is 0 Å². The maximum Gasteiger partial charge on any atom is 0.234 e. The highest BCUT2D eigenvalue weighted by atomic mass is 16.1. The summed E-state index contributed by atoms with van der Waals surface area (Å²) in [6, 6.07) is 17.6. The highest BCUT2D eigenvalue weighted by Gasteiger charge is 2.13. The Kier molecular flexibility index (Phi) is 3.43. The number of fused-ring (bicyclic) bond motifs is 1. The van der Waals surface area contributed by atoms with Crippen LogP contribution in [-0.4, -0.2) is 20.7 Å². The molecular formula is C20H15N3O. The molecule has 4 aromatic rings. The number of hydrogen-bond acceptors (Lipinski definition) is 3. The van der Waals surface area contributed by atoms with Crippen LogP contribution < -0.4 is 0 Å². The van der Waals surface area contributed by atoms with Crippen LogP contribution >= 0.6 is 0 Å². The molecule has 4 nitrogen and oxygen atoms in total. The van der Waals surface area contributed by atoms with E-state index < -0.39 is 0 Å². The molecule has 4 rings (SSSR count). The Bertz CT molecular complexity index is 1020. The molecule has 0 bridgehead atoms. The second kappa shape index (κ2) is 5.74.